The molecule has 3 aliphatic rings. The van der Waals surface area contributed by atoms with Gasteiger partial charge in [0.25, 0.3) is 0 Å². The minimum Gasteiger partial charge on any atom is -0.471 e. The number of carbonyl (C=O) groups is 1. The number of fused-ring (bicyclic) bond motifs is 1. The molecule has 6 nitrogen and oxygen atoms in total. The summed E-state index contributed by atoms with van der Waals surface area (Å²) in [6, 6.07) is 5.68. The molecule has 1 saturated heterocycles. The largest absolute Gasteiger partial charge is 0.471 e. The van der Waals surface area contributed by atoms with Crippen molar-refractivity contribution in [2.24, 2.45) is 5.92 Å². The van der Waals surface area contributed by atoms with E-state index >= 15 is 0 Å². The first-order chi connectivity index (χ1) is 11.2. The van der Waals surface area contributed by atoms with Crippen molar-refractivity contribution in [3.05, 3.63) is 24.4 Å². The van der Waals surface area contributed by atoms with Gasteiger partial charge in [-0.3, -0.25) is 4.79 Å². The van der Waals surface area contributed by atoms with E-state index in [1.54, 1.807) is 6.20 Å². The maximum Gasteiger partial charge on any atom is 0.226 e. The van der Waals surface area contributed by atoms with Crippen LogP contribution in [0.3, 0.4) is 0 Å². The molecule has 3 fully saturated rings. The summed E-state index contributed by atoms with van der Waals surface area (Å²) >= 11 is 0. The van der Waals surface area contributed by atoms with Gasteiger partial charge >= 0.3 is 0 Å². The molecule has 1 aromatic heterocycles. The number of nitrogens with zero attached hydrogens (tertiary/aromatic N) is 2. The second-order valence-electron chi connectivity index (χ2n) is 6.66. The van der Waals surface area contributed by atoms with Crippen molar-refractivity contribution >= 4 is 5.91 Å². The molecule has 0 aromatic carbocycles. The standard InChI is InChI=1S/C17H22N2O4/c20-12-9-11(10-12)17(21)19-7-8-22-16-13(19)4-5-14(16)23-15-3-1-2-6-18-15/h1-3,6,11-14,16,20H,4-5,7-10H2/t11?,12?,13-,14-,16+/m0/s1. The minimum atomic E-state index is -0.301. The predicted octanol–water partition coefficient (Wildman–Crippen LogP) is 0.990. The van der Waals surface area contributed by atoms with E-state index in [9.17, 15) is 9.90 Å². The van der Waals surface area contributed by atoms with E-state index in [2.05, 4.69) is 4.98 Å². The third-order valence-electron chi connectivity index (χ3n) is 5.19. The lowest BCUT2D eigenvalue weighted by atomic mass is 9.81. The Morgan fingerprint density at radius 2 is 2.22 bits per heavy atom. The number of morpholine rings is 1. The molecule has 0 radical (unpaired) electrons. The lowest BCUT2D eigenvalue weighted by Gasteiger charge is -2.42. The number of hydrogen-bond donors (Lipinski definition) is 1. The molecule has 1 aromatic rings. The summed E-state index contributed by atoms with van der Waals surface area (Å²) < 4.78 is 11.9. The number of aliphatic hydroxyl groups excluding tert-OH is 1. The van der Waals surface area contributed by atoms with Crippen LogP contribution in [0.4, 0.5) is 0 Å². The quantitative estimate of drug-likeness (QED) is 0.900. The number of carbonyl (C=O) groups excluding carboxylic acids is 1. The number of pyridine rings is 1. The molecule has 2 aliphatic carbocycles. The molecule has 1 amide bonds. The van der Waals surface area contributed by atoms with Crippen LogP contribution in [-0.2, 0) is 9.53 Å². The van der Waals surface area contributed by atoms with Crippen molar-refractivity contribution in [3.63, 3.8) is 0 Å². The molecule has 23 heavy (non-hydrogen) atoms. The highest BCUT2D eigenvalue weighted by Gasteiger charge is 2.48. The van der Waals surface area contributed by atoms with Gasteiger partial charge in [0.15, 0.2) is 0 Å². The Morgan fingerprint density at radius 1 is 1.35 bits per heavy atom. The zero-order valence-electron chi connectivity index (χ0n) is 13.0. The smallest absolute Gasteiger partial charge is 0.226 e. The highest BCUT2D eigenvalue weighted by atomic mass is 16.5. The van der Waals surface area contributed by atoms with Gasteiger partial charge in [-0.15, -0.1) is 0 Å². The van der Waals surface area contributed by atoms with E-state index in [0.29, 0.717) is 31.9 Å². The molecule has 2 saturated carbocycles. The SMILES string of the molecule is O=C(C1CC(O)C1)N1CCO[C@H]2[C@@H](Oc3ccccn3)CC[C@@H]21. The summed E-state index contributed by atoms with van der Waals surface area (Å²) in [6.45, 7) is 1.19. The average molecular weight is 318 g/mol. The van der Waals surface area contributed by atoms with Crippen molar-refractivity contribution in [2.45, 2.75) is 50.0 Å². The van der Waals surface area contributed by atoms with E-state index in [1.807, 2.05) is 23.1 Å². The molecule has 4 rings (SSSR count). The molecule has 1 N–H and O–H groups in total. The van der Waals surface area contributed by atoms with Gasteiger partial charge in [-0.05, 0) is 31.7 Å². The first kappa shape index (κ1) is 14.9. The fourth-order valence-corrected chi connectivity index (χ4v) is 3.91. The molecular formula is C17H22N2O4. The number of hydrogen-bond acceptors (Lipinski definition) is 5. The first-order valence-electron chi connectivity index (χ1n) is 8.40. The van der Waals surface area contributed by atoms with E-state index < -0.39 is 0 Å². The normalized spacial score (nSPS) is 36.2. The van der Waals surface area contributed by atoms with Gasteiger partial charge in [-0.1, -0.05) is 6.07 Å². The zero-order valence-corrected chi connectivity index (χ0v) is 13.0. The van der Waals surface area contributed by atoms with Crippen molar-refractivity contribution in [2.75, 3.05) is 13.2 Å². The third-order valence-corrected chi connectivity index (χ3v) is 5.19. The van der Waals surface area contributed by atoms with Crippen LogP contribution in [-0.4, -0.2) is 58.4 Å². The number of aliphatic hydroxyl groups is 1. The van der Waals surface area contributed by atoms with Crippen LogP contribution >= 0.6 is 0 Å². The molecule has 0 spiro atoms. The Hall–Kier alpha value is -1.66. The van der Waals surface area contributed by atoms with Crippen LogP contribution < -0.4 is 4.74 Å². The maximum absolute atomic E-state index is 12.6. The predicted molar refractivity (Wildman–Crippen MR) is 81.9 cm³/mol. The highest BCUT2D eigenvalue weighted by molar-refractivity contribution is 5.80. The number of amides is 1. The second kappa shape index (κ2) is 6.09. The summed E-state index contributed by atoms with van der Waals surface area (Å²) in [6.07, 6.45) is 4.22. The van der Waals surface area contributed by atoms with Crippen molar-refractivity contribution in [1.29, 1.82) is 0 Å². The molecule has 1 aliphatic heterocycles. The van der Waals surface area contributed by atoms with Gasteiger partial charge in [0.1, 0.15) is 12.2 Å². The lowest BCUT2D eigenvalue weighted by molar-refractivity contribution is -0.158. The fourth-order valence-electron chi connectivity index (χ4n) is 3.91. The van der Waals surface area contributed by atoms with Gasteiger partial charge in [0, 0.05) is 24.7 Å². The summed E-state index contributed by atoms with van der Waals surface area (Å²) in [7, 11) is 0. The Bertz CT molecular complexity index is 561. The van der Waals surface area contributed by atoms with Gasteiger partial charge in [-0.25, -0.2) is 4.98 Å². The van der Waals surface area contributed by atoms with Crippen LogP contribution in [0.5, 0.6) is 5.88 Å². The number of ether oxygens (including phenoxy) is 2. The zero-order chi connectivity index (χ0) is 15.8. The van der Waals surface area contributed by atoms with E-state index in [4.69, 9.17) is 9.47 Å². The van der Waals surface area contributed by atoms with Gasteiger partial charge in [0.2, 0.25) is 11.8 Å². The van der Waals surface area contributed by atoms with E-state index in [-0.39, 0.29) is 36.2 Å². The van der Waals surface area contributed by atoms with Crippen LogP contribution in [0.15, 0.2) is 24.4 Å². The summed E-state index contributed by atoms with van der Waals surface area (Å²) in [4.78, 5) is 18.8. The minimum absolute atomic E-state index is 0.0143. The van der Waals surface area contributed by atoms with Crippen LogP contribution in [0.25, 0.3) is 0 Å². The molecule has 2 heterocycles. The van der Waals surface area contributed by atoms with Crippen LogP contribution in [0.1, 0.15) is 25.7 Å². The maximum atomic E-state index is 12.6. The monoisotopic (exact) mass is 318 g/mol. The molecule has 3 atom stereocenters. The Kier molecular flexibility index (Phi) is 3.95. The topological polar surface area (TPSA) is 71.9 Å². The van der Waals surface area contributed by atoms with Crippen molar-refractivity contribution in [1.82, 2.24) is 9.88 Å². The molecule has 124 valence electrons. The molecule has 0 bridgehead atoms. The second-order valence-corrected chi connectivity index (χ2v) is 6.66. The van der Waals surface area contributed by atoms with E-state index in [1.165, 1.54) is 0 Å². The molecule has 6 heteroatoms. The Balaban J connectivity index is 1.43. The summed E-state index contributed by atoms with van der Waals surface area (Å²) in [5.41, 5.74) is 0. The molecule has 0 unspecified atom stereocenters. The van der Waals surface area contributed by atoms with Gasteiger partial charge < -0.3 is 19.5 Å². The molecular weight excluding hydrogens is 296 g/mol. The average Bonchev–Trinajstić information content (AvgIpc) is 2.95. The van der Waals surface area contributed by atoms with Crippen molar-refractivity contribution < 1.29 is 19.4 Å². The van der Waals surface area contributed by atoms with Crippen LogP contribution in [0.2, 0.25) is 0 Å². The summed E-state index contributed by atoms with van der Waals surface area (Å²) in [5, 5.41) is 9.44. The van der Waals surface area contributed by atoms with Crippen LogP contribution in [0, 0.1) is 5.92 Å². The fraction of sp³-hybridized carbons (Fsp3) is 0.647. The number of rotatable bonds is 3. The lowest BCUT2D eigenvalue weighted by Crippen LogP contribution is -2.57. The van der Waals surface area contributed by atoms with E-state index in [0.717, 1.165) is 12.8 Å². The highest BCUT2D eigenvalue weighted by Crippen LogP contribution is 2.36. The Morgan fingerprint density at radius 3 is 2.96 bits per heavy atom. The summed E-state index contributed by atoms with van der Waals surface area (Å²) in [5.74, 6) is 0.763. The van der Waals surface area contributed by atoms with Gasteiger partial charge in [0.05, 0.1) is 18.8 Å². The first-order valence-corrected chi connectivity index (χ1v) is 8.40. The number of aromatic nitrogens is 1. The third kappa shape index (κ3) is 2.81. The van der Waals surface area contributed by atoms with Crippen molar-refractivity contribution in [3.8, 4) is 5.88 Å². The Labute approximate surface area is 135 Å². The van der Waals surface area contributed by atoms with Gasteiger partial charge in [-0.2, -0.15) is 0 Å².